The Balaban J connectivity index is 1.30. The van der Waals surface area contributed by atoms with Crippen LogP contribution >= 0.6 is 21.0 Å². The van der Waals surface area contributed by atoms with Gasteiger partial charge in [-0.1, -0.05) is 0 Å². The van der Waals surface area contributed by atoms with E-state index in [1.54, 1.807) is 14.9 Å². The highest BCUT2D eigenvalue weighted by Crippen LogP contribution is 2.40. The average molecular weight is 608 g/mol. The van der Waals surface area contributed by atoms with Crippen molar-refractivity contribution in [2.24, 2.45) is 0 Å². The minimum Gasteiger partial charge on any atom is -0.375 e. The Kier molecular flexibility index (Phi) is 6.10. The minimum absolute atomic E-state index is 0.163. The second kappa shape index (κ2) is 9.29. The zero-order chi connectivity index (χ0) is 24.9. The number of aromatic nitrogens is 6. The standard InChI is InChI=1S/C24H27F2IN8O/c1-14-29-18-4-3-17(30-22(18)34(14)13-19(25)26)16-7-11-35-20(16)21(28-2)31-23(33-35)32-27-15-5-8-24(9-6-15)10-12-36-24/h3-4,7,11,19H,5-6,8-10,12-13H2,1-2H3,(H2,28,31,32,33). The molecular weight excluding hydrogens is 581 g/mol. The first-order valence-electron chi connectivity index (χ1n) is 12.0. The number of nitrogens with one attached hydrogen (secondary N) is 2. The number of aryl methyl sites for hydroxylation is 1. The average Bonchev–Trinajstić information content (AvgIpc) is 3.42. The van der Waals surface area contributed by atoms with E-state index in [1.807, 2.05) is 31.4 Å². The van der Waals surface area contributed by atoms with Gasteiger partial charge in [-0.15, -0.1) is 5.10 Å². The van der Waals surface area contributed by atoms with Gasteiger partial charge in [-0.25, -0.2) is 23.3 Å². The van der Waals surface area contributed by atoms with E-state index in [0.717, 1.165) is 43.4 Å². The minimum atomic E-state index is -2.49. The molecule has 9 nitrogen and oxygen atoms in total. The third kappa shape index (κ3) is 4.23. The lowest BCUT2D eigenvalue weighted by molar-refractivity contribution is -0.156. The Hall–Kier alpha value is -2.74. The van der Waals surface area contributed by atoms with Crippen LogP contribution in [0.25, 0.3) is 27.9 Å². The van der Waals surface area contributed by atoms with Crippen LogP contribution in [-0.2, 0) is 11.3 Å². The third-order valence-corrected chi connectivity index (χ3v) is 9.66. The molecule has 6 rings (SSSR count). The number of rotatable bonds is 6. The number of pyridine rings is 1. The van der Waals surface area contributed by atoms with Crippen LogP contribution in [0.15, 0.2) is 24.4 Å². The molecule has 4 aromatic heterocycles. The van der Waals surface area contributed by atoms with Gasteiger partial charge in [-0.3, -0.25) is 0 Å². The molecule has 0 atom stereocenters. The molecule has 1 spiro atoms. The van der Waals surface area contributed by atoms with E-state index in [0.29, 0.717) is 34.4 Å². The van der Waals surface area contributed by atoms with Gasteiger partial charge in [-0.05, 0) is 81.7 Å². The summed E-state index contributed by atoms with van der Waals surface area (Å²) < 4.78 is 40.4. The molecule has 1 saturated carbocycles. The first-order valence-corrected chi connectivity index (χ1v) is 14.2. The quantitative estimate of drug-likeness (QED) is 0.236. The second-order valence-corrected chi connectivity index (χ2v) is 11.8. The molecule has 0 amide bonds. The van der Waals surface area contributed by atoms with Gasteiger partial charge in [0.25, 0.3) is 12.4 Å². The van der Waals surface area contributed by atoms with E-state index in [2.05, 4.69) is 13.8 Å². The SMILES string of the molecule is CNc1nc(NI=C2CCC3(CCO3)CC2)nn2ccc(-c3ccc4nc(C)n(CC(F)F)c4n3)c12. The summed E-state index contributed by atoms with van der Waals surface area (Å²) in [5.74, 6) is 1.77. The molecule has 2 aliphatic rings. The molecule has 0 unspecified atom stereocenters. The molecule has 1 aliphatic heterocycles. The molecule has 5 heterocycles. The fraction of sp³-hybridized carbons (Fsp3) is 0.458. The lowest BCUT2D eigenvalue weighted by Crippen LogP contribution is -2.46. The number of halogens is 3. The number of imidazole rings is 1. The maximum Gasteiger partial charge on any atom is 0.256 e. The van der Waals surface area contributed by atoms with Crippen molar-refractivity contribution in [2.75, 3.05) is 22.5 Å². The Bertz CT molecular complexity index is 1460. The number of fused-ring (bicyclic) bond motifs is 2. The number of anilines is 2. The fourth-order valence-corrected chi connectivity index (χ4v) is 6.96. The largest absolute Gasteiger partial charge is 0.375 e. The van der Waals surface area contributed by atoms with Crippen molar-refractivity contribution in [1.82, 2.24) is 29.1 Å². The van der Waals surface area contributed by atoms with Gasteiger partial charge in [0.1, 0.15) is 16.9 Å². The van der Waals surface area contributed by atoms with Crippen LogP contribution in [0.4, 0.5) is 20.5 Å². The first kappa shape index (κ1) is 23.6. The van der Waals surface area contributed by atoms with E-state index in [1.165, 1.54) is 11.0 Å². The van der Waals surface area contributed by atoms with Gasteiger partial charge < -0.3 is 18.2 Å². The summed E-state index contributed by atoms with van der Waals surface area (Å²) in [6, 6.07) is 5.59. The predicted molar refractivity (Wildman–Crippen MR) is 144 cm³/mol. The van der Waals surface area contributed by atoms with Gasteiger partial charge in [-0.2, -0.15) is 4.98 Å². The number of alkyl halides is 2. The predicted octanol–water partition coefficient (Wildman–Crippen LogP) is 4.96. The van der Waals surface area contributed by atoms with Gasteiger partial charge in [0, 0.05) is 18.8 Å². The maximum atomic E-state index is 13.1. The van der Waals surface area contributed by atoms with Gasteiger partial charge >= 0.3 is 0 Å². The van der Waals surface area contributed by atoms with E-state index < -0.39 is 13.0 Å². The zero-order valence-electron chi connectivity index (χ0n) is 20.1. The third-order valence-electron chi connectivity index (χ3n) is 7.06. The molecule has 1 saturated heterocycles. The second-order valence-electron chi connectivity index (χ2n) is 9.24. The number of hydrogen-bond acceptors (Lipinski definition) is 7. The van der Waals surface area contributed by atoms with Gasteiger partial charge in [0.2, 0.25) is 0 Å². The molecule has 2 fully saturated rings. The molecule has 0 bridgehead atoms. The molecule has 4 aromatic rings. The number of hydrogen-bond donors (Lipinski definition) is 2. The maximum absolute atomic E-state index is 13.1. The molecule has 2 N–H and O–H groups in total. The summed E-state index contributed by atoms with van der Waals surface area (Å²) in [6.07, 6.45) is 5.06. The van der Waals surface area contributed by atoms with Crippen LogP contribution in [-0.4, -0.2) is 58.3 Å². The Morgan fingerprint density at radius 2 is 1.94 bits per heavy atom. The van der Waals surface area contributed by atoms with Crippen LogP contribution in [0.5, 0.6) is 0 Å². The highest BCUT2D eigenvalue weighted by Gasteiger charge is 2.40. The van der Waals surface area contributed by atoms with Gasteiger partial charge in [0.15, 0.2) is 11.5 Å². The highest BCUT2D eigenvalue weighted by atomic mass is 127. The summed E-state index contributed by atoms with van der Waals surface area (Å²) in [5, 5.41) is 7.87. The van der Waals surface area contributed by atoms with Crippen molar-refractivity contribution >= 4 is 53.0 Å². The Morgan fingerprint density at radius 1 is 1.14 bits per heavy atom. The Labute approximate surface area is 216 Å². The van der Waals surface area contributed by atoms with Crippen molar-refractivity contribution in [3.63, 3.8) is 0 Å². The summed E-state index contributed by atoms with van der Waals surface area (Å²) in [4.78, 5) is 13.8. The van der Waals surface area contributed by atoms with Crippen LogP contribution in [0.3, 0.4) is 0 Å². The van der Waals surface area contributed by atoms with E-state index >= 15 is 0 Å². The molecule has 190 valence electrons. The van der Waals surface area contributed by atoms with Crippen LogP contribution in [0.2, 0.25) is 0 Å². The number of ether oxygens (including phenoxy) is 1. The topological polar surface area (TPSA) is 94.2 Å². The monoisotopic (exact) mass is 608 g/mol. The van der Waals surface area contributed by atoms with Crippen molar-refractivity contribution in [2.45, 2.75) is 57.6 Å². The molecule has 36 heavy (non-hydrogen) atoms. The number of nitrogens with zero attached hydrogens (tertiary/aromatic N) is 6. The lowest BCUT2D eigenvalue weighted by Gasteiger charge is -2.45. The summed E-state index contributed by atoms with van der Waals surface area (Å²) in [7, 11) is 1.82. The van der Waals surface area contributed by atoms with Crippen LogP contribution < -0.4 is 8.85 Å². The van der Waals surface area contributed by atoms with E-state index in [9.17, 15) is 8.78 Å². The molecule has 12 heteroatoms. The lowest BCUT2D eigenvalue weighted by atomic mass is 9.79. The molecule has 0 radical (unpaired) electrons. The summed E-state index contributed by atoms with van der Waals surface area (Å²) in [6.45, 7) is 2.18. The van der Waals surface area contributed by atoms with Gasteiger partial charge in [0.05, 0.1) is 24.4 Å². The summed E-state index contributed by atoms with van der Waals surface area (Å²) in [5.41, 5.74) is 3.44. The van der Waals surface area contributed by atoms with E-state index in [-0.39, 0.29) is 26.6 Å². The first-order chi connectivity index (χ1) is 17.4. The molecular formula is C24H27F2IN8O. The van der Waals surface area contributed by atoms with Crippen molar-refractivity contribution < 1.29 is 13.5 Å². The van der Waals surface area contributed by atoms with Crippen molar-refractivity contribution in [3.05, 3.63) is 30.2 Å². The zero-order valence-corrected chi connectivity index (χ0v) is 22.2. The fourth-order valence-electron chi connectivity index (χ4n) is 5.03. The van der Waals surface area contributed by atoms with Crippen molar-refractivity contribution in [3.8, 4) is 11.3 Å². The van der Waals surface area contributed by atoms with Crippen molar-refractivity contribution in [1.29, 1.82) is 0 Å². The smallest absolute Gasteiger partial charge is 0.256 e. The summed E-state index contributed by atoms with van der Waals surface area (Å²) >= 11 is -0.379. The Morgan fingerprint density at radius 3 is 2.64 bits per heavy atom. The molecule has 0 aromatic carbocycles. The molecule has 1 aliphatic carbocycles. The normalized spacial score (nSPS) is 20.0. The highest BCUT2D eigenvalue weighted by molar-refractivity contribution is 14.2. The van der Waals surface area contributed by atoms with E-state index in [4.69, 9.17) is 19.8 Å². The van der Waals surface area contributed by atoms with Crippen LogP contribution in [0, 0.1) is 6.92 Å². The van der Waals surface area contributed by atoms with Crippen LogP contribution in [0.1, 0.15) is 37.9 Å².